The largest absolute Gasteiger partial charge is 0.370 e. The Hall–Kier alpha value is -2.47. The first kappa shape index (κ1) is 15.4. The number of anilines is 1. The number of carbonyl (C=O) groups excluding carboxylic acids is 1. The second-order valence-corrected chi connectivity index (χ2v) is 5.46. The van der Waals surface area contributed by atoms with Crippen LogP contribution in [-0.4, -0.2) is 40.8 Å². The summed E-state index contributed by atoms with van der Waals surface area (Å²) in [6.45, 7) is 3.78. The quantitative estimate of drug-likeness (QED) is 0.946. The van der Waals surface area contributed by atoms with E-state index in [9.17, 15) is 4.79 Å². The lowest BCUT2D eigenvalue weighted by molar-refractivity contribution is -0.0135. The predicted molar refractivity (Wildman–Crippen MR) is 87.1 cm³/mol. The van der Waals surface area contributed by atoms with Crippen LogP contribution < -0.4 is 5.32 Å². The minimum atomic E-state index is -0.142. The molecule has 1 aliphatic rings. The van der Waals surface area contributed by atoms with E-state index in [1.807, 2.05) is 0 Å². The van der Waals surface area contributed by atoms with Crippen LogP contribution in [0.4, 0.5) is 10.5 Å². The van der Waals surface area contributed by atoms with Crippen LogP contribution in [0.2, 0.25) is 0 Å². The number of nitrogens with zero attached hydrogens (tertiary/aromatic N) is 3. The van der Waals surface area contributed by atoms with E-state index in [4.69, 9.17) is 4.74 Å². The van der Waals surface area contributed by atoms with Crippen molar-refractivity contribution in [3.8, 4) is 0 Å². The molecule has 0 spiro atoms. The number of carbonyl (C=O) groups is 1. The number of benzene rings is 1. The van der Waals surface area contributed by atoms with Gasteiger partial charge in [0.15, 0.2) is 0 Å². The van der Waals surface area contributed by atoms with E-state index in [1.54, 1.807) is 17.2 Å². The molecule has 1 fully saturated rings. The first-order chi connectivity index (χ1) is 11.3. The van der Waals surface area contributed by atoms with Gasteiger partial charge in [-0.25, -0.2) is 4.79 Å². The number of aryl methyl sites for hydroxylation is 1. The van der Waals surface area contributed by atoms with E-state index < -0.39 is 0 Å². The van der Waals surface area contributed by atoms with Crippen LogP contribution in [0.3, 0.4) is 0 Å². The van der Waals surface area contributed by atoms with Crippen molar-refractivity contribution in [1.29, 1.82) is 0 Å². The Kier molecular flexibility index (Phi) is 4.83. The van der Waals surface area contributed by atoms with Crippen LogP contribution in [0.5, 0.6) is 0 Å². The molecule has 6 heteroatoms. The lowest BCUT2D eigenvalue weighted by Gasteiger charge is -2.33. The number of aromatic nitrogens is 2. The monoisotopic (exact) mass is 312 g/mol. The first-order valence-electron chi connectivity index (χ1n) is 7.79. The Morgan fingerprint density at radius 1 is 1.30 bits per heavy atom. The molecule has 0 aliphatic carbocycles. The molecule has 3 rings (SSSR count). The Bertz CT molecular complexity index is 645. The van der Waals surface area contributed by atoms with E-state index in [1.165, 1.54) is 11.8 Å². The maximum absolute atomic E-state index is 12.4. The van der Waals surface area contributed by atoms with Crippen molar-refractivity contribution in [2.24, 2.45) is 0 Å². The average molecular weight is 312 g/mol. The fraction of sp³-hybridized carbons (Fsp3) is 0.353. The van der Waals surface area contributed by atoms with Crippen molar-refractivity contribution in [1.82, 2.24) is 15.1 Å². The lowest BCUT2D eigenvalue weighted by atomic mass is 10.0. The van der Waals surface area contributed by atoms with Gasteiger partial charge < -0.3 is 15.0 Å². The van der Waals surface area contributed by atoms with Crippen molar-refractivity contribution >= 4 is 11.7 Å². The molecule has 2 aromatic rings. The highest BCUT2D eigenvalue weighted by Gasteiger charge is 2.25. The number of nitrogens with one attached hydrogen (secondary N) is 1. The summed E-state index contributed by atoms with van der Waals surface area (Å²) in [5.41, 5.74) is 3.04. The van der Waals surface area contributed by atoms with Gasteiger partial charge in [-0.3, -0.25) is 0 Å². The van der Waals surface area contributed by atoms with Gasteiger partial charge in [0.1, 0.15) is 6.10 Å². The summed E-state index contributed by atoms with van der Waals surface area (Å²) in [5, 5.41) is 10.3. The van der Waals surface area contributed by atoms with Crippen molar-refractivity contribution in [3.05, 3.63) is 53.9 Å². The van der Waals surface area contributed by atoms with Crippen LogP contribution in [0, 0.1) is 0 Å². The van der Waals surface area contributed by atoms with Gasteiger partial charge in [-0.05, 0) is 23.6 Å². The van der Waals surface area contributed by atoms with Gasteiger partial charge >= 0.3 is 6.03 Å². The summed E-state index contributed by atoms with van der Waals surface area (Å²) in [4.78, 5) is 14.1. The number of hydrogen-bond donors (Lipinski definition) is 1. The summed E-state index contributed by atoms with van der Waals surface area (Å²) < 4.78 is 5.82. The van der Waals surface area contributed by atoms with Crippen LogP contribution in [0.15, 0.2) is 42.7 Å². The molecule has 1 saturated heterocycles. The average Bonchev–Trinajstić information content (AvgIpc) is 2.63. The van der Waals surface area contributed by atoms with Crippen molar-refractivity contribution in [2.45, 2.75) is 19.4 Å². The first-order valence-corrected chi connectivity index (χ1v) is 7.79. The van der Waals surface area contributed by atoms with Gasteiger partial charge in [0.25, 0.3) is 0 Å². The summed E-state index contributed by atoms with van der Waals surface area (Å²) in [6.07, 6.45) is 4.00. The van der Waals surface area contributed by atoms with Crippen molar-refractivity contribution < 1.29 is 9.53 Å². The summed E-state index contributed by atoms with van der Waals surface area (Å²) in [7, 11) is 0. The standard InChI is InChI=1S/C17H20N4O2/c1-2-13-3-5-14(6-4-13)16-12-21(9-10-23-16)17(22)20-15-7-8-18-19-11-15/h3-8,11,16H,2,9-10,12H2,1H3,(H,18,20,22). The maximum atomic E-state index is 12.4. The van der Waals surface area contributed by atoms with Crippen LogP contribution in [0.25, 0.3) is 0 Å². The molecule has 1 N–H and O–H groups in total. The zero-order valence-electron chi connectivity index (χ0n) is 13.1. The molecular formula is C17H20N4O2. The van der Waals surface area contributed by atoms with Crippen molar-refractivity contribution in [3.63, 3.8) is 0 Å². The van der Waals surface area contributed by atoms with E-state index in [0.29, 0.717) is 25.4 Å². The number of rotatable bonds is 3. The smallest absolute Gasteiger partial charge is 0.322 e. The molecule has 1 aromatic heterocycles. The van der Waals surface area contributed by atoms with Crippen LogP contribution >= 0.6 is 0 Å². The van der Waals surface area contributed by atoms with Gasteiger partial charge in [-0.15, -0.1) is 0 Å². The van der Waals surface area contributed by atoms with E-state index in [0.717, 1.165) is 12.0 Å². The third-order valence-electron chi connectivity index (χ3n) is 3.95. The van der Waals surface area contributed by atoms with Gasteiger partial charge in [0.05, 0.1) is 31.2 Å². The number of ether oxygens (including phenoxy) is 1. The Morgan fingerprint density at radius 3 is 2.83 bits per heavy atom. The summed E-state index contributed by atoms with van der Waals surface area (Å²) in [5.74, 6) is 0. The lowest BCUT2D eigenvalue weighted by Crippen LogP contribution is -2.44. The molecular weight excluding hydrogens is 292 g/mol. The maximum Gasteiger partial charge on any atom is 0.322 e. The van der Waals surface area contributed by atoms with Gasteiger partial charge in [0.2, 0.25) is 0 Å². The Morgan fingerprint density at radius 2 is 2.13 bits per heavy atom. The highest BCUT2D eigenvalue weighted by atomic mass is 16.5. The third-order valence-corrected chi connectivity index (χ3v) is 3.95. The molecule has 120 valence electrons. The Balaban J connectivity index is 1.64. The Labute approximate surface area is 135 Å². The van der Waals surface area contributed by atoms with E-state index in [2.05, 4.69) is 46.7 Å². The van der Waals surface area contributed by atoms with E-state index >= 15 is 0 Å². The van der Waals surface area contributed by atoms with Crippen molar-refractivity contribution in [2.75, 3.05) is 25.0 Å². The fourth-order valence-corrected chi connectivity index (χ4v) is 2.57. The predicted octanol–water partition coefficient (Wildman–Crippen LogP) is 2.64. The molecule has 0 radical (unpaired) electrons. The van der Waals surface area contributed by atoms with E-state index in [-0.39, 0.29) is 12.1 Å². The number of hydrogen-bond acceptors (Lipinski definition) is 4. The molecule has 0 saturated carbocycles. The number of morpholine rings is 1. The van der Waals surface area contributed by atoms with Crippen LogP contribution in [0.1, 0.15) is 24.2 Å². The molecule has 1 unspecified atom stereocenters. The highest BCUT2D eigenvalue weighted by Crippen LogP contribution is 2.23. The zero-order chi connectivity index (χ0) is 16.1. The van der Waals surface area contributed by atoms with Gasteiger partial charge in [-0.2, -0.15) is 10.2 Å². The number of amides is 2. The molecule has 2 heterocycles. The molecule has 0 bridgehead atoms. The summed E-state index contributed by atoms with van der Waals surface area (Å²) >= 11 is 0. The second-order valence-electron chi connectivity index (χ2n) is 5.46. The normalized spacial score (nSPS) is 17.8. The zero-order valence-corrected chi connectivity index (χ0v) is 13.1. The highest BCUT2D eigenvalue weighted by molar-refractivity contribution is 5.89. The SMILES string of the molecule is CCc1ccc(C2CN(C(=O)Nc3ccnnc3)CCO2)cc1. The van der Waals surface area contributed by atoms with Crippen LogP contribution in [-0.2, 0) is 11.2 Å². The third kappa shape index (κ3) is 3.84. The summed E-state index contributed by atoms with van der Waals surface area (Å²) in [6, 6.07) is 9.96. The molecule has 2 amide bonds. The number of urea groups is 1. The van der Waals surface area contributed by atoms with Gasteiger partial charge in [-0.1, -0.05) is 31.2 Å². The van der Waals surface area contributed by atoms with Gasteiger partial charge in [0, 0.05) is 6.54 Å². The fourth-order valence-electron chi connectivity index (χ4n) is 2.57. The topological polar surface area (TPSA) is 67.4 Å². The molecule has 1 aliphatic heterocycles. The molecule has 1 atom stereocenters. The minimum Gasteiger partial charge on any atom is -0.370 e. The minimum absolute atomic E-state index is 0.0871. The second kappa shape index (κ2) is 7.19. The molecule has 6 nitrogen and oxygen atoms in total. The molecule has 1 aromatic carbocycles. The molecule has 23 heavy (non-hydrogen) atoms.